The number of hydrogen-bond acceptors (Lipinski definition) is 8. The number of rotatable bonds is 12. The first-order chi connectivity index (χ1) is 19.9. The zero-order valence-electron chi connectivity index (χ0n) is 24.6. The Labute approximate surface area is 246 Å². The molecule has 0 spiro atoms. The lowest BCUT2D eigenvalue weighted by Gasteiger charge is -2.43. The summed E-state index contributed by atoms with van der Waals surface area (Å²) in [6.45, 7) is 7.06. The lowest BCUT2D eigenvalue weighted by Crippen LogP contribution is -2.58. The van der Waals surface area contributed by atoms with E-state index in [9.17, 15) is 29.4 Å². The van der Waals surface area contributed by atoms with Crippen molar-refractivity contribution in [2.45, 2.75) is 83.5 Å². The fraction of sp³-hybridized carbons (Fsp3) is 0.484. The van der Waals surface area contributed by atoms with E-state index in [-0.39, 0.29) is 43.5 Å². The second-order valence-electron chi connectivity index (χ2n) is 11.2. The van der Waals surface area contributed by atoms with Crippen molar-refractivity contribution in [1.29, 1.82) is 0 Å². The van der Waals surface area contributed by atoms with Gasteiger partial charge in [0.15, 0.2) is 0 Å². The third-order valence-corrected chi connectivity index (χ3v) is 6.76. The fourth-order valence-electron chi connectivity index (χ4n) is 4.59. The molecule has 4 N–H and O–H groups in total. The Balaban J connectivity index is 1.98. The number of alkyl carbamates (subject to hydrolysis) is 1. The number of benzene rings is 2. The molecule has 2 aromatic rings. The van der Waals surface area contributed by atoms with Gasteiger partial charge in [0, 0.05) is 19.0 Å². The number of esters is 1. The second kappa shape index (κ2) is 14.6. The van der Waals surface area contributed by atoms with Gasteiger partial charge in [-0.2, -0.15) is 0 Å². The summed E-state index contributed by atoms with van der Waals surface area (Å²) in [4.78, 5) is 54.4. The fourth-order valence-corrected chi connectivity index (χ4v) is 4.59. The van der Waals surface area contributed by atoms with Crippen molar-refractivity contribution in [3.8, 4) is 11.5 Å². The van der Waals surface area contributed by atoms with Crippen LogP contribution >= 0.6 is 0 Å². The third kappa shape index (κ3) is 9.39. The van der Waals surface area contributed by atoms with Crippen LogP contribution in [-0.4, -0.2) is 69.8 Å². The van der Waals surface area contributed by atoms with Gasteiger partial charge in [-0.05, 0) is 82.3 Å². The highest BCUT2D eigenvalue weighted by Crippen LogP contribution is 2.34. The largest absolute Gasteiger partial charge is 0.508 e. The normalized spacial score (nSPS) is 14.6. The SMILES string of the molecule is CCOC(=O)CCNC(=O)C(c1ccc(O)cc1)N(C(=O)C(Cc1ccc(O)cc1)NC(=O)OC(C)(C)C)C1CCC1. The minimum absolute atomic E-state index is 0.00135. The summed E-state index contributed by atoms with van der Waals surface area (Å²) >= 11 is 0. The summed E-state index contributed by atoms with van der Waals surface area (Å²) in [7, 11) is 0. The Bertz CT molecular complexity index is 1220. The molecule has 1 fully saturated rings. The van der Waals surface area contributed by atoms with Gasteiger partial charge < -0.3 is 35.2 Å². The van der Waals surface area contributed by atoms with E-state index in [0.29, 0.717) is 24.0 Å². The quantitative estimate of drug-likeness (QED) is 0.276. The van der Waals surface area contributed by atoms with E-state index in [0.717, 1.165) is 6.42 Å². The molecule has 0 heterocycles. The molecule has 11 heteroatoms. The van der Waals surface area contributed by atoms with Gasteiger partial charge in [0.1, 0.15) is 29.2 Å². The Morgan fingerprint density at radius 3 is 2.10 bits per heavy atom. The summed E-state index contributed by atoms with van der Waals surface area (Å²) < 4.78 is 10.4. The summed E-state index contributed by atoms with van der Waals surface area (Å²) in [6, 6.07) is 9.81. The van der Waals surface area contributed by atoms with Crippen molar-refractivity contribution in [1.82, 2.24) is 15.5 Å². The molecule has 3 amide bonds. The molecular formula is C31H41N3O8. The number of ether oxygens (including phenoxy) is 2. The molecule has 1 aliphatic carbocycles. The summed E-state index contributed by atoms with van der Waals surface area (Å²) in [5.41, 5.74) is 0.329. The van der Waals surface area contributed by atoms with Crippen LogP contribution in [-0.2, 0) is 30.3 Å². The number of phenols is 2. The van der Waals surface area contributed by atoms with E-state index in [2.05, 4.69) is 10.6 Å². The van der Waals surface area contributed by atoms with Gasteiger partial charge in [0.05, 0.1) is 13.0 Å². The molecule has 2 aromatic carbocycles. The van der Waals surface area contributed by atoms with Gasteiger partial charge in [-0.1, -0.05) is 24.3 Å². The molecule has 0 radical (unpaired) electrons. The number of aromatic hydroxyl groups is 2. The van der Waals surface area contributed by atoms with Gasteiger partial charge >= 0.3 is 12.1 Å². The van der Waals surface area contributed by atoms with E-state index in [1.165, 1.54) is 29.2 Å². The minimum Gasteiger partial charge on any atom is -0.508 e. The first kappa shape index (κ1) is 32.2. The Kier molecular flexibility index (Phi) is 11.2. The second-order valence-corrected chi connectivity index (χ2v) is 11.2. The Hall–Kier alpha value is -4.28. The molecule has 0 aromatic heterocycles. The molecule has 0 bridgehead atoms. The van der Waals surface area contributed by atoms with Crippen molar-refractivity contribution in [3.05, 3.63) is 59.7 Å². The molecule has 0 saturated heterocycles. The van der Waals surface area contributed by atoms with E-state index >= 15 is 0 Å². The lowest BCUT2D eigenvalue weighted by molar-refractivity contribution is -0.148. The first-order valence-electron chi connectivity index (χ1n) is 14.2. The molecular weight excluding hydrogens is 542 g/mol. The molecule has 2 unspecified atom stereocenters. The lowest BCUT2D eigenvalue weighted by atomic mass is 9.87. The summed E-state index contributed by atoms with van der Waals surface area (Å²) in [5, 5.41) is 25.1. The highest BCUT2D eigenvalue weighted by atomic mass is 16.6. The molecule has 1 saturated carbocycles. The van der Waals surface area contributed by atoms with Gasteiger partial charge in [-0.15, -0.1) is 0 Å². The van der Waals surface area contributed by atoms with Crippen molar-refractivity contribution in [3.63, 3.8) is 0 Å². The number of carbonyl (C=O) groups excluding carboxylic acids is 4. The van der Waals surface area contributed by atoms with Gasteiger partial charge in [-0.25, -0.2) is 4.79 Å². The van der Waals surface area contributed by atoms with Crippen LogP contribution < -0.4 is 10.6 Å². The molecule has 3 rings (SSSR count). The zero-order valence-corrected chi connectivity index (χ0v) is 24.6. The Morgan fingerprint density at radius 2 is 1.57 bits per heavy atom. The van der Waals surface area contributed by atoms with Crippen molar-refractivity contribution >= 4 is 23.9 Å². The van der Waals surface area contributed by atoms with Crippen LogP contribution in [0.2, 0.25) is 0 Å². The molecule has 228 valence electrons. The maximum Gasteiger partial charge on any atom is 0.408 e. The van der Waals surface area contributed by atoms with Gasteiger partial charge in [0.2, 0.25) is 11.8 Å². The first-order valence-corrected chi connectivity index (χ1v) is 14.2. The summed E-state index contributed by atoms with van der Waals surface area (Å²) in [6.07, 6.45) is 1.44. The molecule has 1 aliphatic rings. The zero-order chi connectivity index (χ0) is 30.9. The van der Waals surface area contributed by atoms with E-state index < -0.39 is 41.6 Å². The minimum atomic E-state index is -1.10. The van der Waals surface area contributed by atoms with Crippen molar-refractivity contribution in [2.75, 3.05) is 13.2 Å². The monoisotopic (exact) mass is 583 g/mol. The number of amides is 3. The average Bonchev–Trinajstić information content (AvgIpc) is 2.88. The maximum atomic E-state index is 14.4. The van der Waals surface area contributed by atoms with E-state index in [4.69, 9.17) is 9.47 Å². The van der Waals surface area contributed by atoms with Crippen LogP contribution in [0.1, 0.15) is 70.5 Å². The van der Waals surface area contributed by atoms with Gasteiger partial charge in [0.25, 0.3) is 0 Å². The van der Waals surface area contributed by atoms with Crippen LogP contribution in [0.4, 0.5) is 4.79 Å². The number of hydrogen-bond donors (Lipinski definition) is 4. The predicted octanol–water partition coefficient (Wildman–Crippen LogP) is 3.73. The Morgan fingerprint density at radius 1 is 0.976 bits per heavy atom. The number of carbonyl (C=O) groups is 4. The average molecular weight is 584 g/mol. The van der Waals surface area contributed by atoms with Crippen molar-refractivity contribution < 1.29 is 38.9 Å². The smallest absolute Gasteiger partial charge is 0.408 e. The summed E-state index contributed by atoms with van der Waals surface area (Å²) in [5.74, 6) is -1.40. The van der Waals surface area contributed by atoms with Crippen LogP contribution in [0.15, 0.2) is 48.5 Å². The number of nitrogens with zero attached hydrogens (tertiary/aromatic N) is 1. The van der Waals surface area contributed by atoms with Crippen molar-refractivity contribution in [2.24, 2.45) is 0 Å². The predicted molar refractivity (Wildman–Crippen MR) is 155 cm³/mol. The highest BCUT2D eigenvalue weighted by Gasteiger charge is 2.42. The van der Waals surface area contributed by atoms with E-state index in [1.54, 1.807) is 52.0 Å². The molecule has 42 heavy (non-hydrogen) atoms. The highest BCUT2D eigenvalue weighted by molar-refractivity contribution is 5.92. The molecule has 2 atom stereocenters. The van der Waals surface area contributed by atoms with E-state index in [1.807, 2.05) is 0 Å². The molecule has 11 nitrogen and oxygen atoms in total. The van der Waals surface area contributed by atoms with Crippen LogP contribution in [0.3, 0.4) is 0 Å². The van der Waals surface area contributed by atoms with Crippen LogP contribution in [0.25, 0.3) is 0 Å². The standard InChI is InChI=1S/C31H41N3O8/c1-5-41-26(37)17-18-32-28(38)27(21-11-15-24(36)16-12-21)34(22-7-6-8-22)29(39)25(33-30(40)42-31(2,3)4)19-20-9-13-23(35)14-10-20/h9-16,22,25,27,35-36H,5-8,17-19H2,1-4H3,(H,32,38)(H,33,40). The van der Waals surface area contributed by atoms with Gasteiger partial charge in [-0.3, -0.25) is 14.4 Å². The number of phenolic OH excluding ortho intramolecular Hbond substituents is 2. The maximum absolute atomic E-state index is 14.4. The third-order valence-electron chi connectivity index (χ3n) is 6.76. The molecule has 0 aliphatic heterocycles. The topological polar surface area (TPSA) is 154 Å². The number of nitrogens with one attached hydrogen (secondary N) is 2. The van der Waals surface area contributed by atoms with Crippen LogP contribution in [0.5, 0.6) is 11.5 Å². The van der Waals surface area contributed by atoms with Crippen LogP contribution in [0, 0.1) is 0 Å².